The molecule has 2 N–H and O–H groups in total. The molecular weight excluding hydrogens is 272 g/mol. The van der Waals surface area contributed by atoms with E-state index in [9.17, 15) is 8.42 Å². The number of rotatable bonds is 7. The highest BCUT2D eigenvalue weighted by Crippen LogP contribution is 2.20. The Morgan fingerprint density at radius 3 is 2.40 bits per heavy atom. The summed E-state index contributed by atoms with van der Waals surface area (Å²) in [6.45, 7) is 9.40. The third kappa shape index (κ3) is 3.81. The third-order valence-corrected chi connectivity index (χ3v) is 5.67. The summed E-state index contributed by atoms with van der Waals surface area (Å²) in [4.78, 5) is 0.359. The van der Waals surface area contributed by atoms with E-state index in [4.69, 9.17) is 5.73 Å². The molecule has 1 atom stereocenters. The summed E-state index contributed by atoms with van der Waals surface area (Å²) >= 11 is 0. The number of hydrogen-bond acceptors (Lipinski definition) is 3. The molecule has 0 aliphatic carbocycles. The summed E-state index contributed by atoms with van der Waals surface area (Å²) in [6, 6.07) is 5.18. The average molecular weight is 298 g/mol. The molecule has 0 saturated heterocycles. The molecule has 20 heavy (non-hydrogen) atoms. The molecule has 4 nitrogen and oxygen atoms in total. The van der Waals surface area contributed by atoms with E-state index in [1.165, 1.54) is 0 Å². The molecule has 5 heteroatoms. The lowest BCUT2D eigenvalue weighted by molar-refractivity contribution is 0.361. The molecule has 0 heterocycles. The lowest BCUT2D eigenvalue weighted by Crippen LogP contribution is -2.34. The van der Waals surface area contributed by atoms with Gasteiger partial charge in [0.15, 0.2) is 0 Å². The maximum Gasteiger partial charge on any atom is 0.243 e. The van der Waals surface area contributed by atoms with Crippen molar-refractivity contribution in [2.24, 2.45) is 11.7 Å². The van der Waals surface area contributed by atoms with Crippen LogP contribution >= 0.6 is 0 Å². The molecule has 1 aromatic rings. The summed E-state index contributed by atoms with van der Waals surface area (Å²) in [5, 5.41) is 0. The first-order chi connectivity index (χ1) is 9.36. The van der Waals surface area contributed by atoms with E-state index in [-0.39, 0.29) is 0 Å². The highest BCUT2D eigenvalue weighted by molar-refractivity contribution is 7.89. The maximum atomic E-state index is 12.7. The van der Waals surface area contributed by atoms with E-state index in [0.29, 0.717) is 30.4 Å². The van der Waals surface area contributed by atoms with Crippen molar-refractivity contribution in [2.45, 2.75) is 45.6 Å². The third-order valence-electron chi connectivity index (χ3n) is 3.74. The summed E-state index contributed by atoms with van der Waals surface area (Å²) < 4.78 is 26.9. The van der Waals surface area contributed by atoms with Crippen LogP contribution in [0.1, 0.15) is 38.3 Å². The second kappa shape index (κ2) is 7.20. The fourth-order valence-electron chi connectivity index (χ4n) is 2.08. The molecule has 0 bridgehead atoms. The van der Waals surface area contributed by atoms with Gasteiger partial charge in [-0.15, -0.1) is 0 Å². The summed E-state index contributed by atoms with van der Waals surface area (Å²) in [7, 11) is -3.41. The zero-order chi connectivity index (χ0) is 15.3. The molecule has 0 aliphatic rings. The van der Waals surface area contributed by atoms with Crippen molar-refractivity contribution in [1.29, 1.82) is 0 Å². The Morgan fingerprint density at radius 2 is 1.95 bits per heavy atom. The molecule has 0 saturated carbocycles. The van der Waals surface area contributed by atoms with Gasteiger partial charge in [-0.05, 0) is 36.1 Å². The van der Waals surface area contributed by atoms with Gasteiger partial charge in [-0.2, -0.15) is 4.31 Å². The molecule has 1 rings (SSSR count). The maximum absolute atomic E-state index is 12.7. The van der Waals surface area contributed by atoms with E-state index in [2.05, 4.69) is 13.8 Å². The standard InChI is InChI=1S/C15H26N2O2S/c1-5-12(3)11-17(6-2)20(18,19)15-8-7-14(10-16)13(4)9-15/h7-9,12H,5-6,10-11,16H2,1-4H3. The van der Waals surface area contributed by atoms with E-state index in [1.54, 1.807) is 22.5 Å². The minimum atomic E-state index is -3.41. The van der Waals surface area contributed by atoms with Gasteiger partial charge >= 0.3 is 0 Å². The Kier molecular flexibility index (Phi) is 6.17. The molecule has 0 amide bonds. The fourth-order valence-corrected chi connectivity index (χ4v) is 3.74. The Balaban J connectivity index is 3.10. The van der Waals surface area contributed by atoms with Crippen LogP contribution in [0.5, 0.6) is 0 Å². The van der Waals surface area contributed by atoms with Crippen molar-refractivity contribution in [3.8, 4) is 0 Å². The van der Waals surface area contributed by atoms with E-state index in [1.807, 2.05) is 13.8 Å². The predicted octanol–water partition coefficient (Wildman–Crippen LogP) is 2.51. The molecule has 1 aromatic carbocycles. The number of nitrogens with two attached hydrogens (primary N) is 1. The van der Waals surface area contributed by atoms with Crippen molar-refractivity contribution in [1.82, 2.24) is 4.31 Å². The minimum absolute atomic E-state index is 0.356. The Hall–Kier alpha value is -0.910. The molecule has 0 aliphatic heterocycles. The minimum Gasteiger partial charge on any atom is -0.326 e. The van der Waals surface area contributed by atoms with Gasteiger partial charge in [0.1, 0.15) is 0 Å². The summed E-state index contributed by atoms with van der Waals surface area (Å²) in [5.74, 6) is 0.356. The fraction of sp³-hybridized carbons (Fsp3) is 0.600. The first-order valence-electron chi connectivity index (χ1n) is 7.16. The zero-order valence-electron chi connectivity index (χ0n) is 12.9. The largest absolute Gasteiger partial charge is 0.326 e. The van der Waals surface area contributed by atoms with Crippen molar-refractivity contribution in [2.75, 3.05) is 13.1 Å². The normalized spacial score (nSPS) is 13.7. The average Bonchev–Trinajstić information content (AvgIpc) is 2.43. The second-order valence-electron chi connectivity index (χ2n) is 5.26. The second-order valence-corrected chi connectivity index (χ2v) is 7.20. The van der Waals surface area contributed by atoms with Crippen LogP contribution in [0.25, 0.3) is 0 Å². The number of sulfonamides is 1. The van der Waals surface area contributed by atoms with Crippen LogP contribution in [0.4, 0.5) is 0 Å². The summed E-state index contributed by atoms with van der Waals surface area (Å²) in [5.41, 5.74) is 7.52. The van der Waals surface area contributed by atoms with Crippen LogP contribution in [-0.2, 0) is 16.6 Å². The molecule has 114 valence electrons. The van der Waals surface area contributed by atoms with Gasteiger partial charge in [0.05, 0.1) is 4.90 Å². The number of hydrogen-bond donors (Lipinski definition) is 1. The lowest BCUT2D eigenvalue weighted by Gasteiger charge is -2.23. The van der Waals surface area contributed by atoms with Crippen molar-refractivity contribution < 1.29 is 8.42 Å². The molecule has 0 radical (unpaired) electrons. The lowest BCUT2D eigenvalue weighted by atomic mass is 10.1. The topological polar surface area (TPSA) is 63.4 Å². The first-order valence-corrected chi connectivity index (χ1v) is 8.60. The first kappa shape index (κ1) is 17.1. The van der Waals surface area contributed by atoms with Crippen LogP contribution in [-0.4, -0.2) is 25.8 Å². The predicted molar refractivity (Wildman–Crippen MR) is 83.0 cm³/mol. The Morgan fingerprint density at radius 1 is 1.30 bits per heavy atom. The smallest absolute Gasteiger partial charge is 0.243 e. The van der Waals surface area contributed by atoms with Crippen molar-refractivity contribution in [3.63, 3.8) is 0 Å². The van der Waals surface area contributed by atoms with Gasteiger partial charge in [-0.3, -0.25) is 0 Å². The SMILES string of the molecule is CCC(C)CN(CC)S(=O)(=O)c1ccc(CN)c(C)c1. The van der Waals surface area contributed by atoms with Gasteiger partial charge in [0.25, 0.3) is 0 Å². The monoisotopic (exact) mass is 298 g/mol. The number of benzene rings is 1. The zero-order valence-corrected chi connectivity index (χ0v) is 13.7. The highest BCUT2D eigenvalue weighted by atomic mass is 32.2. The highest BCUT2D eigenvalue weighted by Gasteiger charge is 2.24. The quantitative estimate of drug-likeness (QED) is 0.841. The van der Waals surface area contributed by atoms with Gasteiger partial charge in [0, 0.05) is 19.6 Å². The van der Waals surface area contributed by atoms with Crippen LogP contribution in [0.2, 0.25) is 0 Å². The van der Waals surface area contributed by atoms with Gasteiger partial charge in [-0.1, -0.05) is 33.3 Å². The van der Waals surface area contributed by atoms with Crippen LogP contribution in [0.3, 0.4) is 0 Å². The summed E-state index contributed by atoms with van der Waals surface area (Å²) in [6.07, 6.45) is 0.969. The van der Waals surface area contributed by atoms with Gasteiger partial charge in [-0.25, -0.2) is 8.42 Å². The van der Waals surface area contributed by atoms with Crippen LogP contribution in [0.15, 0.2) is 23.1 Å². The van der Waals surface area contributed by atoms with Gasteiger partial charge in [0.2, 0.25) is 10.0 Å². The Bertz CT molecular complexity index is 541. The number of aryl methyl sites for hydroxylation is 1. The van der Waals surface area contributed by atoms with Gasteiger partial charge < -0.3 is 5.73 Å². The molecular formula is C15H26N2O2S. The molecule has 0 fully saturated rings. The van der Waals surface area contributed by atoms with Crippen molar-refractivity contribution in [3.05, 3.63) is 29.3 Å². The van der Waals surface area contributed by atoms with Crippen LogP contribution in [0, 0.1) is 12.8 Å². The van der Waals surface area contributed by atoms with Crippen molar-refractivity contribution >= 4 is 10.0 Å². The molecule has 0 aromatic heterocycles. The van der Waals surface area contributed by atoms with E-state index < -0.39 is 10.0 Å². The van der Waals surface area contributed by atoms with E-state index in [0.717, 1.165) is 17.5 Å². The molecule has 1 unspecified atom stereocenters. The number of nitrogens with zero attached hydrogens (tertiary/aromatic N) is 1. The van der Waals surface area contributed by atoms with E-state index >= 15 is 0 Å². The van der Waals surface area contributed by atoms with Crippen LogP contribution < -0.4 is 5.73 Å². The molecule has 0 spiro atoms. The Labute approximate surface area is 123 Å².